The average Bonchev–Trinajstić information content (AvgIpc) is 3.36. The molecule has 0 bridgehead atoms. The van der Waals surface area contributed by atoms with Gasteiger partial charge in [-0.2, -0.15) is 0 Å². The van der Waals surface area contributed by atoms with Crippen LogP contribution in [0.1, 0.15) is 56.7 Å². The lowest BCUT2D eigenvalue weighted by Crippen LogP contribution is -2.41. The van der Waals surface area contributed by atoms with E-state index in [9.17, 15) is 4.79 Å². The molecular weight excluding hydrogens is 380 g/mol. The summed E-state index contributed by atoms with van der Waals surface area (Å²) in [6, 6.07) is 7.54. The summed E-state index contributed by atoms with van der Waals surface area (Å²) in [5.41, 5.74) is 0.946. The molecule has 1 aromatic carbocycles. The van der Waals surface area contributed by atoms with Gasteiger partial charge in [0.05, 0.1) is 12.2 Å². The van der Waals surface area contributed by atoms with E-state index in [4.69, 9.17) is 16.3 Å². The summed E-state index contributed by atoms with van der Waals surface area (Å²) in [5.74, 6) is 1.27. The molecule has 1 atom stereocenters. The van der Waals surface area contributed by atoms with Crippen LogP contribution >= 0.6 is 22.9 Å². The number of halogens is 1. The number of carbonyl (C=O) groups excluding carboxylic acids is 1. The van der Waals surface area contributed by atoms with Crippen LogP contribution < -0.4 is 4.74 Å². The predicted molar refractivity (Wildman–Crippen MR) is 110 cm³/mol. The van der Waals surface area contributed by atoms with Crippen molar-refractivity contribution < 1.29 is 9.53 Å². The molecule has 0 N–H and O–H groups in total. The SMILES string of the molecule is CCC(C)N(Cc1csc(COc2ccc(Cl)cc2)n1)C(=O)C1CCCC1. The molecule has 0 radical (unpaired) electrons. The van der Waals surface area contributed by atoms with E-state index in [1.165, 1.54) is 12.8 Å². The summed E-state index contributed by atoms with van der Waals surface area (Å²) in [6.07, 6.45) is 5.36. The third kappa shape index (κ3) is 5.45. The van der Waals surface area contributed by atoms with E-state index in [0.717, 1.165) is 35.7 Å². The number of hydrogen-bond acceptors (Lipinski definition) is 4. The van der Waals surface area contributed by atoms with E-state index in [1.54, 1.807) is 11.3 Å². The van der Waals surface area contributed by atoms with Crippen molar-refractivity contribution in [1.29, 1.82) is 0 Å². The molecule has 4 nitrogen and oxygen atoms in total. The van der Waals surface area contributed by atoms with Crippen LogP contribution in [0.15, 0.2) is 29.6 Å². The van der Waals surface area contributed by atoms with Crippen molar-refractivity contribution in [2.75, 3.05) is 0 Å². The molecule has 2 aromatic rings. The highest BCUT2D eigenvalue weighted by molar-refractivity contribution is 7.09. The number of aromatic nitrogens is 1. The van der Waals surface area contributed by atoms with Gasteiger partial charge in [-0.1, -0.05) is 31.4 Å². The van der Waals surface area contributed by atoms with Gasteiger partial charge in [0.2, 0.25) is 5.91 Å². The first-order valence-electron chi connectivity index (χ1n) is 9.69. The van der Waals surface area contributed by atoms with E-state index in [-0.39, 0.29) is 12.0 Å². The van der Waals surface area contributed by atoms with Crippen LogP contribution in [0, 0.1) is 5.92 Å². The number of rotatable bonds is 8. The maximum absolute atomic E-state index is 13.0. The smallest absolute Gasteiger partial charge is 0.226 e. The molecule has 1 unspecified atom stereocenters. The first-order valence-corrected chi connectivity index (χ1v) is 10.9. The Kier molecular flexibility index (Phi) is 7.13. The second kappa shape index (κ2) is 9.56. The topological polar surface area (TPSA) is 42.4 Å². The molecule has 1 fully saturated rings. The summed E-state index contributed by atoms with van der Waals surface area (Å²) in [5, 5.41) is 3.64. The molecule has 3 rings (SSSR count). The van der Waals surface area contributed by atoms with Crippen LogP contribution in [0.3, 0.4) is 0 Å². The molecule has 6 heteroatoms. The lowest BCUT2D eigenvalue weighted by atomic mass is 10.0. The molecule has 0 spiro atoms. The Morgan fingerprint density at radius 2 is 2.04 bits per heavy atom. The highest BCUT2D eigenvalue weighted by atomic mass is 35.5. The van der Waals surface area contributed by atoms with Crippen LogP contribution in [-0.2, 0) is 17.9 Å². The Balaban J connectivity index is 1.61. The highest BCUT2D eigenvalue weighted by Gasteiger charge is 2.29. The maximum Gasteiger partial charge on any atom is 0.226 e. The number of nitrogens with zero attached hydrogens (tertiary/aromatic N) is 2. The largest absolute Gasteiger partial charge is 0.486 e. The van der Waals surface area contributed by atoms with Gasteiger partial charge in [0, 0.05) is 22.4 Å². The lowest BCUT2D eigenvalue weighted by Gasteiger charge is -2.30. The van der Waals surface area contributed by atoms with Gasteiger partial charge in [0.1, 0.15) is 17.4 Å². The third-order valence-corrected chi connectivity index (χ3v) is 6.34. The summed E-state index contributed by atoms with van der Waals surface area (Å²) < 4.78 is 5.77. The van der Waals surface area contributed by atoms with E-state index < -0.39 is 0 Å². The molecule has 1 heterocycles. The Morgan fingerprint density at radius 1 is 1.33 bits per heavy atom. The van der Waals surface area contributed by atoms with Crippen molar-refractivity contribution in [3.8, 4) is 5.75 Å². The normalized spacial score (nSPS) is 15.7. The molecule has 146 valence electrons. The number of hydrogen-bond donors (Lipinski definition) is 0. The van der Waals surface area contributed by atoms with Gasteiger partial charge in [-0.25, -0.2) is 4.98 Å². The minimum Gasteiger partial charge on any atom is -0.486 e. The fourth-order valence-electron chi connectivity index (χ4n) is 3.42. The van der Waals surface area contributed by atoms with Gasteiger partial charge >= 0.3 is 0 Å². The standard InChI is InChI=1S/C21H27ClN2O2S/c1-3-15(2)24(21(25)16-6-4-5-7-16)12-18-14-27-20(23-18)13-26-19-10-8-17(22)9-11-19/h8-11,14-16H,3-7,12-13H2,1-2H3. The van der Waals surface area contributed by atoms with E-state index >= 15 is 0 Å². The van der Waals surface area contributed by atoms with Gasteiger partial charge in [-0.15, -0.1) is 11.3 Å². The van der Waals surface area contributed by atoms with Gasteiger partial charge in [-0.05, 0) is 50.5 Å². The molecule has 1 aliphatic rings. The molecular formula is C21H27ClN2O2S. The summed E-state index contributed by atoms with van der Waals surface area (Å²) in [6.45, 7) is 5.27. The molecule has 1 amide bonds. The molecule has 0 saturated heterocycles. The quantitative estimate of drug-likeness (QED) is 0.565. The zero-order valence-corrected chi connectivity index (χ0v) is 17.6. The number of carbonyl (C=O) groups is 1. The van der Waals surface area contributed by atoms with Crippen LogP contribution in [0.2, 0.25) is 5.02 Å². The monoisotopic (exact) mass is 406 g/mol. The van der Waals surface area contributed by atoms with Gasteiger partial charge in [-0.3, -0.25) is 4.79 Å². The molecule has 1 saturated carbocycles. The molecule has 0 aliphatic heterocycles. The Hall–Kier alpha value is -1.59. The van der Waals surface area contributed by atoms with Gasteiger partial charge < -0.3 is 9.64 Å². The highest BCUT2D eigenvalue weighted by Crippen LogP contribution is 2.28. The van der Waals surface area contributed by atoms with Crippen molar-refractivity contribution in [3.05, 3.63) is 45.4 Å². The summed E-state index contributed by atoms with van der Waals surface area (Å²) in [7, 11) is 0. The molecule has 1 aromatic heterocycles. The van der Waals surface area contributed by atoms with Crippen LogP contribution in [0.5, 0.6) is 5.75 Å². The van der Waals surface area contributed by atoms with Crippen LogP contribution in [-0.4, -0.2) is 21.8 Å². The molecule has 1 aliphatic carbocycles. The van der Waals surface area contributed by atoms with E-state index in [1.807, 2.05) is 34.5 Å². The first kappa shape index (κ1) is 20.2. The fraction of sp³-hybridized carbons (Fsp3) is 0.524. The number of amides is 1. The minimum absolute atomic E-state index is 0.199. The lowest BCUT2D eigenvalue weighted by molar-refractivity contribution is -0.138. The van der Waals surface area contributed by atoms with Crippen molar-refractivity contribution in [2.45, 2.75) is 65.1 Å². The van der Waals surface area contributed by atoms with Crippen molar-refractivity contribution in [1.82, 2.24) is 9.88 Å². The minimum atomic E-state index is 0.199. The number of benzene rings is 1. The molecule has 27 heavy (non-hydrogen) atoms. The predicted octanol–water partition coefficient (Wildman–Crippen LogP) is 5.69. The van der Waals surface area contributed by atoms with Crippen molar-refractivity contribution >= 4 is 28.8 Å². The van der Waals surface area contributed by atoms with E-state index in [2.05, 4.69) is 18.8 Å². The van der Waals surface area contributed by atoms with Gasteiger partial charge in [0.15, 0.2) is 0 Å². The number of ether oxygens (including phenoxy) is 1. The van der Waals surface area contributed by atoms with Crippen molar-refractivity contribution in [2.24, 2.45) is 5.92 Å². The zero-order valence-electron chi connectivity index (χ0n) is 16.0. The van der Waals surface area contributed by atoms with Crippen LogP contribution in [0.25, 0.3) is 0 Å². The second-order valence-corrected chi connectivity index (χ2v) is 8.56. The Morgan fingerprint density at radius 3 is 2.70 bits per heavy atom. The summed E-state index contributed by atoms with van der Waals surface area (Å²) >= 11 is 7.47. The average molecular weight is 407 g/mol. The second-order valence-electron chi connectivity index (χ2n) is 7.18. The van der Waals surface area contributed by atoms with Gasteiger partial charge in [0.25, 0.3) is 0 Å². The fourth-order valence-corrected chi connectivity index (χ4v) is 4.24. The van der Waals surface area contributed by atoms with Crippen LogP contribution in [0.4, 0.5) is 0 Å². The maximum atomic E-state index is 13.0. The summed E-state index contributed by atoms with van der Waals surface area (Å²) in [4.78, 5) is 19.7. The third-order valence-electron chi connectivity index (χ3n) is 5.22. The number of thiazole rings is 1. The Bertz CT molecular complexity index is 741. The van der Waals surface area contributed by atoms with E-state index in [0.29, 0.717) is 24.1 Å². The Labute approximate surface area is 170 Å². The zero-order chi connectivity index (χ0) is 19.2. The van der Waals surface area contributed by atoms with Crippen molar-refractivity contribution in [3.63, 3.8) is 0 Å². The first-order chi connectivity index (χ1) is 13.1.